The average Bonchev–Trinajstić information content (AvgIpc) is 2.92. The summed E-state index contributed by atoms with van der Waals surface area (Å²) in [7, 11) is 0. The minimum Gasteiger partial charge on any atom is -0.378 e. The Bertz CT molecular complexity index is 297. The maximum absolute atomic E-state index is 11.8. The number of ether oxygens (including phenoxy) is 1. The highest BCUT2D eigenvalue weighted by atomic mass is 16.5. The first-order chi connectivity index (χ1) is 8.77. The molecule has 2 saturated heterocycles. The van der Waals surface area contributed by atoms with E-state index in [4.69, 9.17) is 4.74 Å². The van der Waals surface area contributed by atoms with Gasteiger partial charge in [-0.05, 0) is 19.3 Å². The summed E-state index contributed by atoms with van der Waals surface area (Å²) in [4.78, 5) is 25.0. The van der Waals surface area contributed by atoms with E-state index < -0.39 is 11.8 Å². The molecule has 6 nitrogen and oxygen atoms in total. The predicted molar refractivity (Wildman–Crippen MR) is 66.1 cm³/mol. The Morgan fingerprint density at radius 3 is 2.78 bits per heavy atom. The number of hydrogen-bond acceptors (Lipinski definition) is 4. The van der Waals surface area contributed by atoms with Gasteiger partial charge in [-0.25, -0.2) is 0 Å². The quantitative estimate of drug-likeness (QED) is 0.641. The number of piperazine rings is 1. The topological polar surface area (TPSA) is 70.7 Å². The lowest BCUT2D eigenvalue weighted by Gasteiger charge is -2.26. The summed E-state index contributed by atoms with van der Waals surface area (Å²) in [5, 5.41) is 5.82. The van der Waals surface area contributed by atoms with Gasteiger partial charge in [0.25, 0.3) is 0 Å². The van der Waals surface area contributed by atoms with Crippen molar-refractivity contribution in [2.45, 2.75) is 25.4 Å². The van der Waals surface area contributed by atoms with Gasteiger partial charge in [0.1, 0.15) is 0 Å². The number of nitrogens with one attached hydrogen (secondary N) is 2. The summed E-state index contributed by atoms with van der Waals surface area (Å²) >= 11 is 0. The van der Waals surface area contributed by atoms with Crippen molar-refractivity contribution in [1.82, 2.24) is 15.5 Å². The van der Waals surface area contributed by atoms with Crippen molar-refractivity contribution in [3.63, 3.8) is 0 Å². The van der Waals surface area contributed by atoms with Crippen molar-refractivity contribution in [2.75, 3.05) is 39.3 Å². The van der Waals surface area contributed by atoms with Crippen LogP contribution >= 0.6 is 0 Å². The third kappa shape index (κ3) is 3.68. The molecule has 18 heavy (non-hydrogen) atoms. The van der Waals surface area contributed by atoms with E-state index >= 15 is 0 Å². The zero-order valence-electron chi connectivity index (χ0n) is 10.6. The first kappa shape index (κ1) is 13.3. The minimum absolute atomic E-state index is 0.250. The fourth-order valence-corrected chi connectivity index (χ4v) is 2.31. The fraction of sp³-hybridized carbons (Fsp3) is 0.833. The van der Waals surface area contributed by atoms with Crippen molar-refractivity contribution < 1.29 is 14.3 Å². The predicted octanol–water partition coefficient (Wildman–Crippen LogP) is -0.896. The number of hydrogen-bond donors (Lipinski definition) is 2. The summed E-state index contributed by atoms with van der Waals surface area (Å²) in [5.74, 6) is -0.904. The molecule has 2 rings (SSSR count). The van der Waals surface area contributed by atoms with Gasteiger partial charge in [0.05, 0.1) is 6.10 Å². The van der Waals surface area contributed by atoms with Gasteiger partial charge >= 0.3 is 11.8 Å². The molecule has 0 saturated carbocycles. The maximum atomic E-state index is 11.8. The number of rotatable bonds is 3. The Kier molecular flexibility index (Phi) is 4.95. The van der Waals surface area contributed by atoms with E-state index in [0.29, 0.717) is 19.6 Å². The van der Waals surface area contributed by atoms with Crippen LogP contribution < -0.4 is 10.6 Å². The Labute approximate surface area is 107 Å². The zero-order valence-corrected chi connectivity index (χ0v) is 10.6. The van der Waals surface area contributed by atoms with Crippen molar-refractivity contribution in [3.8, 4) is 0 Å². The van der Waals surface area contributed by atoms with Crippen LogP contribution in [-0.4, -0.2) is 62.1 Å². The van der Waals surface area contributed by atoms with E-state index in [2.05, 4.69) is 10.6 Å². The van der Waals surface area contributed by atoms with Crippen LogP contribution in [0.15, 0.2) is 0 Å². The van der Waals surface area contributed by atoms with Gasteiger partial charge < -0.3 is 20.3 Å². The number of carbonyl (C=O) groups is 2. The number of nitrogens with zero attached hydrogens (tertiary/aromatic N) is 1. The Hall–Kier alpha value is -1.14. The van der Waals surface area contributed by atoms with E-state index in [1.807, 2.05) is 0 Å². The van der Waals surface area contributed by atoms with E-state index in [1.165, 1.54) is 0 Å². The molecule has 1 unspecified atom stereocenters. The molecule has 6 heteroatoms. The zero-order chi connectivity index (χ0) is 12.8. The molecule has 2 aliphatic heterocycles. The van der Waals surface area contributed by atoms with Crippen LogP contribution in [0, 0.1) is 0 Å². The van der Waals surface area contributed by atoms with Crippen molar-refractivity contribution >= 4 is 11.8 Å². The fourth-order valence-electron chi connectivity index (χ4n) is 2.31. The van der Waals surface area contributed by atoms with E-state index in [1.54, 1.807) is 4.90 Å². The average molecular weight is 255 g/mol. The second-order valence-corrected chi connectivity index (χ2v) is 4.72. The molecule has 0 radical (unpaired) electrons. The van der Waals surface area contributed by atoms with Crippen molar-refractivity contribution in [3.05, 3.63) is 0 Å². The molecule has 2 fully saturated rings. The standard InChI is InChI=1S/C12H21N3O3/c16-11(12(17)15-7-5-13-6-8-15)14-4-3-10-2-1-9-18-10/h10,13H,1-9H2,(H,14,16). The van der Waals surface area contributed by atoms with Crippen LogP contribution in [0.3, 0.4) is 0 Å². The van der Waals surface area contributed by atoms with Crippen LogP contribution in [-0.2, 0) is 14.3 Å². The lowest BCUT2D eigenvalue weighted by molar-refractivity contribution is -0.146. The highest BCUT2D eigenvalue weighted by molar-refractivity contribution is 6.35. The molecule has 0 bridgehead atoms. The molecule has 0 aromatic carbocycles. The van der Waals surface area contributed by atoms with Crippen LogP contribution in [0.2, 0.25) is 0 Å². The van der Waals surface area contributed by atoms with Gasteiger partial charge in [0.2, 0.25) is 0 Å². The van der Waals surface area contributed by atoms with E-state index in [-0.39, 0.29) is 6.10 Å². The summed E-state index contributed by atoms with van der Waals surface area (Å²) in [6.45, 7) is 4.07. The molecule has 2 amide bonds. The minimum atomic E-state index is -0.491. The largest absolute Gasteiger partial charge is 0.378 e. The van der Waals surface area contributed by atoms with E-state index in [9.17, 15) is 9.59 Å². The molecule has 2 N–H and O–H groups in total. The Balaban J connectivity index is 1.65. The summed E-state index contributed by atoms with van der Waals surface area (Å²) in [6, 6.07) is 0. The molecule has 2 aliphatic rings. The maximum Gasteiger partial charge on any atom is 0.311 e. The molecule has 102 valence electrons. The van der Waals surface area contributed by atoms with Crippen LogP contribution in [0.5, 0.6) is 0 Å². The highest BCUT2D eigenvalue weighted by Gasteiger charge is 2.23. The van der Waals surface area contributed by atoms with Gasteiger partial charge in [0.15, 0.2) is 0 Å². The SMILES string of the molecule is O=C(NCCC1CCCO1)C(=O)N1CCNCC1. The normalized spacial score (nSPS) is 24.0. The molecule has 1 atom stereocenters. The van der Waals surface area contributed by atoms with Crippen LogP contribution in [0.25, 0.3) is 0 Å². The lowest BCUT2D eigenvalue weighted by Crippen LogP contribution is -2.51. The van der Waals surface area contributed by atoms with Crippen molar-refractivity contribution in [2.24, 2.45) is 0 Å². The molecular formula is C12H21N3O3. The van der Waals surface area contributed by atoms with Gasteiger partial charge in [-0.3, -0.25) is 9.59 Å². The number of amides is 2. The van der Waals surface area contributed by atoms with Gasteiger partial charge in [-0.15, -0.1) is 0 Å². The smallest absolute Gasteiger partial charge is 0.311 e. The van der Waals surface area contributed by atoms with Crippen molar-refractivity contribution in [1.29, 1.82) is 0 Å². The van der Waals surface area contributed by atoms with Crippen LogP contribution in [0.1, 0.15) is 19.3 Å². The first-order valence-corrected chi connectivity index (χ1v) is 6.67. The molecule has 0 aromatic heterocycles. The monoisotopic (exact) mass is 255 g/mol. The first-order valence-electron chi connectivity index (χ1n) is 6.67. The Morgan fingerprint density at radius 2 is 2.11 bits per heavy atom. The second kappa shape index (κ2) is 6.70. The van der Waals surface area contributed by atoms with Gasteiger partial charge in [0, 0.05) is 39.3 Å². The molecule has 0 aromatic rings. The molecule has 0 aliphatic carbocycles. The van der Waals surface area contributed by atoms with Gasteiger partial charge in [-0.1, -0.05) is 0 Å². The van der Waals surface area contributed by atoms with E-state index in [0.717, 1.165) is 39.0 Å². The second-order valence-electron chi connectivity index (χ2n) is 4.72. The molecular weight excluding hydrogens is 234 g/mol. The third-order valence-corrected chi connectivity index (χ3v) is 3.37. The summed E-state index contributed by atoms with van der Waals surface area (Å²) in [5.41, 5.74) is 0. The Morgan fingerprint density at radius 1 is 1.33 bits per heavy atom. The summed E-state index contributed by atoms with van der Waals surface area (Å²) in [6.07, 6.45) is 3.19. The van der Waals surface area contributed by atoms with Crippen LogP contribution in [0.4, 0.5) is 0 Å². The molecule has 2 heterocycles. The lowest BCUT2D eigenvalue weighted by atomic mass is 10.2. The third-order valence-electron chi connectivity index (χ3n) is 3.37. The molecule has 0 spiro atoms. The van der Waals surface area contributed by atoms with Gasteiger partial charge in [-0.2, -0.15) is 0 Å². The highest BCUT2D eigenvalue weighted by Crippen LogP contribution is 2.14. The number of carbonyl (C=O) groups excluding carboxylic acids is 2. The summed E-state index contributed by atoms with van der Waals surface area (Å²) < 4.78 is 5.46.